The predicted octanol–water partition coefficient (Wildman–Crippen LogP) is 6.59. The van der Waals surface area contributed by atoms with E-state index in [1.807, 2.05) is 0 Å². The molecule has 1 aliphatic rings. The first-order chi connectivity index (χ1) is 8.76. The molecule has 0 amide bonds. The van der Waals surface area contributed by atoms with E-state index >= 15 is 0 Å². The van der Waals surface area contributed by atoms with Crippen LogP contribution >= 0.6 is 0 Å². The summed E-state index contributed by atoms with van der Waals surface area (Å²) >= 11 is 0. The lowest BCUT2D eigenvalue weighted by atomic mass is 9.92. The van der Waals surface area contributed by atoms with E-state index in [2.05, 4.69) is 20.8 Å². The van der Waals surface area contributed by atoms with Gasteiger partial charge in [0.15, 0.2) is 0 Å². The predicted molar refractivity (Wildman–Crippen MR) is 82.9 cm³/mol. The normalized spacial score (nSPS) is 18.8. The van der Waals surface area contributed by atoms with Gasteiger partial charge in [-0.3, -0.25) is 0 Å². The van der Waals surface area contributed by atoms with Crippen LogP contribution in [0.2, 0.25) is 0 Å². The van der Waals surface area contributed by atoms with Crippen molar-refractivity contribution >= 4 is 0 Å². The summed E-state index contributed by atoms with van der Waals surface area (Å²) in [5, 5.41) is 0. The number of hydrogen-bond donors (Lipinski definition) is 0. The minimum atomic E-state index is 0.966. The van der Waals surface area contributed by atoms with Crippen molar-refractivity contribution < 1.29 is 0 Å². The zero-order chi connectivity index (χ0) is 13.2. The molecule has 0 aromatic carbocycles. The summed E-state index contributed by atoms with van der Waals surface area (Å²) in [6.45, 7) is 7.12. The molecule has 1 aliphatic carbocycles. The van der Waals surface area contributed by atoms with Crippen LogP contribution < -0.4 is 0 Å². The lowest BCUT2D eigenvalue weighted by Crippen LogP contribution is -2.00. The first-order valence-corrected chi connectivity index (χ1v) is 8.76. The average Bonchev–Trinajstić information content (AvgIpc) is 3.16. The smallest absolute Gasteiger partial charge is 0.0411 e. The highest BCUT2D eigenvalue weighted by Crippen LogP contribution is 2.37. The van der Waals surface area contributed by atoms with Gasteiger partial charge in [-0.25, -0.2) is 0 Å². The SMILES string of the molecule is CCCC(C)CCCCCCC(CC)CC1CC1. The third-order valence-electron chi connectivity index (χ3n) is 4.78. The summed E-state index contributed by atoms with van der Waals surface area (Å²) in [7, 11) is 0. The molecule has 0 aromatic rings. The van der Waals surface area contributed by atoms with Gasteiger partial charge in [0.1, 0.15) is 0 Å². The Hall–Kier alpha value is 0. The topological polar surface area (TPSA) is 0 Å². The van der Waals surface area contributed by atoms with Crippen LogP contribution in [-0.4, -0.2) is 0 Å². The highest BCUT2D eigenvalue weighted by molar-refractivity contribution is 4.76. The van der Waals surface area contributed by atoms with E-state index in [4.69, 9.17) is 0 Å². The summed E-state index contributed by atoms with van der Waals surface area (Å²) in [5.41, 5.74) is 0. The Bertz CT molecular complexity index is 180. The standard InChI is InChI=1S/C18H36/c1-4-10-16(3)11-8-6-7-9-12-17(5-2)15-18-13-14-18/h16-18H,4-15H2,1-3H3. The van der Waals surface area contributed by atoms with E-state index in [1.54, 1.807) is 6.42 Å². The molecule has 2 unspecified atom stereocenters. The molecule has 0 nitrogen and oxygen atoms in total. The van der Waals surface area contributed by atoms with E-state index in [9.17, 15) is 0 Å². The van der Waals surface area contributed by atoms with Crippen molar-refractivity contribution in [2.75, 3.05) is 0 Å². The largest absolute Gasteiger partial charge is 0.0654 e. The van der Waals surface area contributed by atoms with Crippen LogP contribution in [0.4, 0.5) is 0 Å². The molecule has 0 saturated heterocycles. The molecule has 2 atom stereocenters. The summed E-state index contributed by atoms with van der Waals surface area (Å²) in [6.07, 6.45) is 17.7. The molecule has 1 saturated carbocycles. The Morgan fingerprint density at radius 3 is 2.11 bits per heavy atom. The van der Waals surface area contributed by atoms with E-state index < -0.39 is 0 Å². The van der Waals surface area contributed by atoms with Crippen molar-refractivity contribution in [2.45, 2.75) is 97.8 Å². The maximum atomic E-state index is 2.42. The first kappa shape index (κ1) is 16.1. The monoisotopic (exact) mass is 252 g/mol. The maximum Gasteiger partial charge on any atom is -0.0411 e. The van der Waals surface area contributed by atoms with Crippen molar-refractivity contribution in [3.63, 3.8) is 0 Å². The van der Waals surface area contributed by atoms with Crippen LogP contribution in [0.5, 0.6) is 0 Å². The quantitative estimate of drug-likeness (QED) is 0.344. The van der Waals surface area contributed by atoms with E-state index in [-0.39, 0.29) is 0 Å². The zero-order valence-electron chi connectivity index (χ0n) is 13.2. The first-order valence-electron chi connectivity index (χ1n) is 8.76. The van der Waals surface area contributed by atoms with Crippen LogP contribution in [0.25, 0.3) is 0 Å². The van der Waals surface area contributed by atoms with Gasteiger partial charge in [0.25, 0.3) is 0 Å². The molecule has 18 heavy (non-hydrogen) atoms. The van der Waals surface area contributed by atoms with Crippen LogP contribution in [0.3, 0.4) is 0 Å². The van der Waals surface area contributed by atoms with Gasteiger partial charge in [0, 0.05) is 0 Å². The molecule has 1 rings (SSSR count). The van der Waals surface area contributed by atoms with E-state index in [0.717, 1.165) is 17.8 Å². The molecule has 0 N–H and O–H groups in total. The Morgan fingerprint density at radius 2 is 1.56 bits per heavy atom. The highest BCUT2D eigenvalue weighted by atomic mass is 14.3. The molecule has 0 aliphatic heterocycles. The van der Waals surface area contributed by atoms with Gasteiger partial charge in [-0.2, -0.15) is 0 Å². The Labute approximate surface area is 116 Å². The van der Waals surface area contributed by atoms with Gasteiger partial charge in [0.05, 0.1) is 0 Å². The molecule has 0 heterocycles. The second-order valence-corrected chi connectivity index (χ2v) is 6.84. The van der Waals surface area contributed by atoms with Crippen molar-refractivity contribution in [1.82, 2.24) is 0 Å². The maximum absolute atomic E-state index is 2.42. The van der Waals surface area contributed by atoms with Crippen molar-refractivity contribution in [1.29, 1.82) is 0 Å². The molecule has 0 spiro atoms. The van der Waals surface area contributed by atoms with Crippen molar-refractivity contribution in [3.05, 3.63) is 0 Å². The fourth-order valence-corrected chi connectivity index (χ4v) is 3.23. The number of hydrogen-bond acceptors (Lipinski definition) is 0. The number of rotatable bonds is 12. The molecule has 0 aromatic heterocycles. The molecular weight excluding hydrogens is 216 g/mol. The summed E-state index contributed by atoms with van der Waals surface area (Å²) in [4.78, 5) is 0. The molecule has 1 fully saturated rings. The van der Waals surface area contributed by atoms with E-state index in [1.165, 1.54) is 70.6 Å². The molecule has 108 valence electrons. The Balaban J connectivity index is 1.87. The van der Waals surface area contributed by atoms with Crippen LogP contribution in [-0.2, 0) is 0 Å². The van der Waals surface area contributed by atoms with Gasteiger partial charge >= 0.3 is 0 Å². The molecule has 0 radical (unpaired) electrons. The average molecular weight is 252 g/mol. The second kappa shape index (κ2) is 9.87. The number of unbranched alkanes of at least 4 members (excludes halogenated alkanes) is 3. The van der Waals surface area contributed by atoms with Gasteiger partial charge in [-0.05, 0) is 24.2 Å². The summed E-state index contributed by atoms with van der Waals surface area (Å²) in [5.74, 6) is 3.15. The highest BCUT2D eigenvalue weighted by Gasteiger charge is 2.24. The van der Waals surface area contributed by atoms with Gasteiger partial charge < -0.3 is 0 Å². The van der Waals surface area contributed by atoms with Crippen molar-refractivity contribution in [2.24, 2.45) is 17.8 Å². The van der Waals surface area contributed by atoms with Gasteiger partial charge in [0.2, 0.25) is 0 Å². The van der Waals surface area contributed by atoms with Gasteiger partial charge in [-0.1, -0.05) is 91.4 Å². The van der Waals surface area contributed by atoms with Crippen molar-refractivity contribution in [3.8, 4) is 0 Å². The third-order valence-corrected chi connectivity index (χ3v) is 4.78. The zero-order valence-corrected chi connectivity index (χ0v) is 13.2. The second-order valence-electron chi connectivity index (χ2n) is 6.84. The van der Waals surface area contributed by atoms with Crippen LogP contribution in [0.1, 0.15) is 97.8 Å². The molecular formula is C18H36. The van der Waals surface area contributed by atoms with E-state index in [0.29, 0.717) is 0 Å². The molecule has 0 bridgehead atoms. The van der Waals surface area contributed by atoms with Crippen LogP contribution in [0.15, 0.2) is 0 Å². The fourth-order valence-electron chi connectivity index (χ4n) is 3.23. The van der Waals surface area contributed by atoms with Crippen LogP contribution in [0, 0.1) is 17.8 Å². The lowest BCUT2D eigenvalue weighted by Gasteiger charge is -2.14. The minimum Gasteiger partial charge on any atom is -0.0654 e. The fraction of sp³-hybridized carbons (Fsp3) is 1.00. The Morgan fingerprint density at radius 1 is 0.889 bits per heavy atom. The summed E-state index contributed by atoms with van der Waals surface area (Å²) in [6, 6.07) is 0. The Kier molecular flexibility index (Phi) is 8.80. The summed E-state index contributed by atoms with van der Waals surface area (Å²) < 4.78 is 0. The molecule has 0 heteroatoms. The minimum absolute atomic E-state index is 0.966. The third kappa shape index (κ3) is 8.16. The lowest BCUT2D eigenvalue weighted by molar-refractivity contribution is 0.388. The van der Waals surface area contributed by atoms with Gasteiger partial charge in [-0.15, -0.1) is 0 Å².